The molecule has 2 aromatic rings. The van der Waals surface area contributed by atoms with Gasteiger partial charge in [-0.2, -0.15) is 0 Å². The lowest BCUT2D eigenvalue weighted by atomic mass is 9.94. The molecule has 9 heteroatoms. The van der Waals surface area contributed by atoms with E-state index in [4.69, 9.17) is 38.0 Å². The van der Waals surface area contributed by atoms with E-state index in [-0.39, 0.29) is 5.02 Å². The first-order valence-corrected chi connectivity index (χ1v) is 9.93. The number of methoxy groups -OCH3 is 1. The summed E-state index contributed by atoms with van der Waals surface area (Å²) in [5.74, 6) is 0.188. The number of ether oxygens (including phenoxy) is 3. The average Bonchev–Trinajstić information content (AvgIpc) is 2.75. The molecule has 0 radical (unpaired) electrons. The van der Waals surface area contributed by atoms with Crippen LogP contribution in [0.3, 0.4) is 0 Å². The molecule has 4 rings (SSSR count). The Labute approximate surface area is 183 Å². The normalized spacial score (nSPS) is 18.2. The number of nitrogens with zero attached hydrogens (tertiary/aromatic N) is 1. The smallest absolute Gasteiger partial charge is 0.337 e. The summed E-state index contributed by atoms with van der Waals surface area (Å²) in [6, 6.07) is 9.13. The molecule has 2 aromatic carbocycles. The zero-order chi connectivity index (χ0) is 21.4. The lowest BCUT2D eigenvalue weighted by Crippen LogP contribution is -2.48. The van der Waals surface area contributed by atoms with E-state index in [0.717, 1.165) is 5.56 Å². The summed E-state index contributed by atoms with van der Waals surface area (Å²) in [5, 5.41) is 3.47. The zero-order valence-corrected chi connectivity index (χ0v) is 17.8. The SMILES string of the molecule is COC(=O)C1=C(C)N(c2ccc(F)c(Cl)c2)C(=S)NC1c1ccc2c(c1)OCCO2. The van der Waals surface area contributed by atoms with Gasteiger partial charge in [-0.05, 0) is 55.0 Å². The molecule has 0 fully saturated rings. The van der Waals surface area contributed by atoms with Gasteiger partial charge in [0.1, 0.15) is 19.0 Å². The first-order chi connectivity index (χ1) is 14.4. The van der Waals surface area contributed by atoms with Crippen molar-refractivity contribution in [2.24, 2.45) is 0 Å². The minimum Gasteiger partial charge on any atom is -0.486 e. The summed E-state index contributed by atoms with van der Waals surface area (Å²) < 4.78 is 29.9. The van der Waals surface area contributed by atoms with Crippen molar-refractivity contribution in [3.63, 3.8) is 0 Å². The summed E-state index contributed by atoms with van der Waals surface area (Å²) in [6.45, 7) is 2.69. The number of carbonyl (C=O) groups is 1. The number of allylic oxidation sites excluding steroid dienone is 1. The summed E-state index contributed by atoms with van der Waals surface area (Å²) in [7, 11) is 1.31. The second kappa shape index (κ2) is 8.12. The topological polar surface area (TPSA) is 60.0 Å². The summed E-state index contributed by atoms with van der Waals surface area (Å²) >= 11 is 11.5. The van der Waals surface area contributed by atoms with Crippen LogP contribution in [0.25, 0.3) is 0 Å². The molecule has 6 nitrogen and oxygen atoms in total. The summed E-state index contributed by atoms with van der Waals surface area (Å²) in [5.41, 5.74) is 2.20. The number of esters is 1. The van der Waals surface area contributed by atoms with Crippen LogP contribution in [0.5, 0.6) is 11.5 Å². The van der Waals surface area contributed by atoms with E-state index in [1.165, 1.54) is 25.3 Å². The maximum atomic E-state index is 13.6. The lowest BCUT2D eigenvalue weighted by Gasteiger charge is -2.37. The predicted octanol–water partition coefficient (Wildman–Crippen LogP) is 4.13. The van der Waals surface area contributed by atoms with E-state index in [0.29, 0.717) is 46.8 Å². The Morgan fingerprint density at radius 2 is 1.97 bits per heavy atom. The Hall–Kier alpha value is -2.84. The number of nitrogens with one attached hydrogen (secondary N) is 1. The van der Waals surface area contributed by atoms with Gasteiger partial charge in [-0.3, -0.25) is 4.90 Å². The van der Waals surface area contributed by atoms with Crippen molar-refractivity contribution < 1.29 is 23.4 Å². The summed E-state index contributed by atoms with van der Waals surface area (Å²) in [4.78, 5) is 14.3. The van der Waals surface area contributed by atoms with Crippen LogP contribution in [0.2, 0.25) is 5.02 Å². The van der Waals surface area contributed by atoms with E-state index < -0.39 is 17.8 Å². The van der Waals surface area contributed by atoms with Crippen LogP contribution >= 0.6 is 23.8 Å². The second-order valence-electron chi connectivity index (χ2n) is 6.71. The molecule has 1 N–H and O–H groups in total. The first-order valence-electron chi connectivity index (χ1n) is 9.15. The number of anilines is 1. The van der Waals surface area contributed by atoms with Crippen molar-refractivity contribution in [2.75, 3.05) is 25.2 Å². The highest BCUT2D eigenvalue weighted by Crippen LogP contribution is 2.38. The Balaban J connectivity index is 1.81. The Morgan fingerprint density at radius 1 is 1.23 bits per heavy atom. The number of halogens is 2. The highest BCUT2D eigenvalue weighted by Gasteiger charge is 2.36. The van der Waals surface area contributed by atoms with Gasteiger partial charge >= 0.3 is 5.97 Å². The van der Waals surface area contributed by atoms with Gasteiger partial charge in [0.2, 0.25) is 0 Å². The molecule has 2 heterocycles. The largest absolute Gasteiger partial charge is 0.486 e. The summed E-state index contributed by atoms with van der Waals surface area (Å²) in [6.07, 6.45) is 0. The van der Waals surface area contributed by atoms with Crippen molar-refractivity contribution in [1.82, 2.24) is 5.32 Å². The van der Waals surface area contributed by atoms with Gasteiger partial charge in [0.05, 0.1) is 23.7 Å². The molecule has 2 aliphatic rings. The van der Waals surface area contributed by atoms with Crippen molar-refractivity contribution in [2.45, 2.75) is 13.0 Å². The fourth-order valence-electron chi connectivity index (χ4n) is 3.54. The molecule has 0 spiro atoms. The van der Waals surface area contributed by atoms with Crippen molar-refractivity contribution in [1.29, 1.82) is 0 Å². The Morgan fingerprint density at radius 3 is 2.67 bits per heavy atom. The number of thiocarbonyl (C=S) groups is 1. The fraction of sp³-hybridized carbons (Fsp3) is 0.238. The molecule has 1 atom stereocenters. The predicted molar refractivity (Wildman–Crippen MR) is 115 cm³/mol. The zero-order valence-electron chi connectivity index (χ0n) is 16.2. The van der Waals surface area contributed by atoms with E-state index in [2.05, 4.69) is 5.32 Å². The molecule has 0 bridgehead atoms. The molecule has 2 aliphatic heterocycles. The van der Waals surface area contributed by atoms with E-state index in [9.17, 15) is 9.18 Å². The first kappa shape index (κ1) is 20.4. The van der Waals surface area contributed by atoms with Crippen LogP contribution in [0, 0.1) is 5.82 Å². The number of hydrogen-bond donors (Lipinski definition) is 1. The highest BCUT2D eigenvalue weighted by atomic mass is 35.5. The quantitative estimate of drug-likeness (QED) is 0.559. The van der Waals surface area contributed by atoms with Crippen LogP contribution in [0.1, 0.15) is 18.5 Å². The van der Waals surface area contributed by atoms with Gasteiger partial charge in [0.15, 0.2) is 16.6 Å². The maximum Gasteiger partial charge on any atom is 0.337 e. The standard InChI is InChI=1S/C21H18ClFN2O4S/c1-11-18(20(26)27-2)19(12-3-6-16-17(9-12)29-8-7-28-16)24-21(30)25(11)13-4-5-15(23)14(22)10-13/h3-6,9-10,19H,7-8H2,1-2H3,(H,24,30). The molecule has 0 aliphatic carbocycles. The monoisotopic (exact) mass is 448 g/mol. The van der Waals surface area contributed by atoms with Crippen LogP contribution in [0.4, 0.5) is 10.1 Å². The third-order valence-electron chi connectivity index (χ3n) is 4.95. The van der Waals surface area contributed by atoms with Gasteiger partial charge in [-0.15, -0.1) is 0 Å². The second-order valence-corrected chi connectivity index (χ2v) is 7.50. The molecule has 1 unspecified atom stereocenters. The molecular formula is C21H18ClFN2O4S. The minimum absolute atomic E-state index is 0.0447. The molecule has 0 saturated heterocycles. The third kappa shape index (κ3) is 3.57. The van der Waals surface area contributed by atoms with E-state index in [1.54, 1.807) is 17.9 Å². The van der Waals surface area contributed by atoms with Gasteiger partial charge in [-0.1, -0.05) is 17.7 Å². The average molecular weight is 449 g/mol. The van der Waals surface area contributed by atoms with Gasteiger partial charge in [0.25, 0.3) is 0 Å². The highest BCUT2D eigenvalue weighted by molar-refractivity contribution is 7.80. The number of carbonyl (C=O) groups excluding carboxylic acids is 1. The van der Waals surface area contributed by atoms with Gasteiger partial charge in [-0.25, -0.2) is 9.18 Å². The van der Waals surface area contributed by atoms with Crippen molar-refractivity contribution in [3.8, 4) is 11.5 Å². The minimum atomic E-state index is -0.562. The van der Waals surface area contributed by atoms with E-state index >= 15 is 0 Å². The number of benzene rings is 2. The molecule has 0 saturated carbocycles. The van der Waals surface area contributed by atoms with Crippen LogP contribution in [0.15, 0.2) is 47.7 Å². The molecule has 0 aromatic heterocycles. The Kier molecular flexibility index (Phi) is 5.53. The van der Waals surface area contributed by atoms with Crippen LogP contribution in [-0.4, -0.2) is 31.4 Å². The van der Waals surface area contributed by atoms with Crippen molar-refractivity contribution >= 4 is 40.6 Å². The van der Waals surface area contributed by atoms with Gasteiger partial charge < -0.3 is 19.5 Å². The number of hydrogen-bond acceptors (Lipinski definition) is 5. The number of rotatable bonds is 3. The fourth-order valence-corrected chi connectivity index (χ4v) is 4.08. The molecule has 156 valence electrons. The third-order valence-corrected chi connectivity index (χ3v) is 5.54. The number of fused-ring (bicyclic) bond motifs is 1. The maximum absolute atomic E-state index is 13.6. The lowest BCUT2D eigenvalue weighted by molar-refractivity contribution is -0.136. The van der Waals surface area contributed by atoms with Crippen LogP contribution < -0.4 is 19.7 Å². The molecule has 0 amide bonds. The molecule has 30 heavy (non-hydrogen) atoms. The van der Waals surface area contributed by atoms with Gasteiger partial charge in [0, 0.05) is 11.4 Å². The van der Waals surface area contributed by atoms with E-state index in [1.807, 2.05) is 12.1 Å². The Bertz CT molecular complexity index is 1070. The van der Waals surface area contributed by atoms with Crippen LogP contribution in [-0.2, 0) is 9.53 Å². The molecular weight excluding hydrogens is 431 g/mol. The van der Waals surface area contributed by atoms with Crippen molar-refractivity contribution in [3.05, 3.63) is 64.1 Å².